The average Bonchev–Trinajstić information content (AvgIpc) is 2.25. The standard InChI is InChI=1S/C11H10F3IO2/c1-17-9-5-3-2-4-7(9)10(16)8(15)6-11(12,13)14/h2-6,10,16H,1H3. The van der Waals surface area contributed by atoms with Crippen LogP contribution in [-0.2, 0) is 0 Å². The van der Waals surface area contributed by atoms with Crippen LogP contribution in [0.15, 0.2) is 33.9 Å². The molecule has 0 aliphatic rings. The molecule has 0 bridgehead atoms. The number of methoxy groups -OCH3 is 1. The molecule has 6 heteroatoms. The van der Waals surface area contributed by atoms with Gasteiger partial charge in [0.05, 0.1) is 7.11 Å². The predicted octanol–water partition coefficient (Wildman–Crippen LogP) is 3.61. The highest BCUT2D eigenvalue weighted by Gasteiger charge is 2.27. The van der Waals surface area contributed by atoms with Gasteiger partial charge in [0.25, 0.3) is 0 Å². The molecule has 0 aliphatic carbocycles. The van der Waals surface area contributed by atoms with Crippen molar-refractivity contribution < 1.29 is 23.0 Å². The largest absolute Gasteiger partial charge is 0.496 e. The molecule has 0 aliphatic heterocycles. The highest BCUT2D eigenvalue weighted by atomic mass is 127. The van der Waals surface area contributed by atoms with Gasteiger partial charge < -0.3 is 9.84 Å². The first-order valence-electron chi connectivity index (χ1n) is 4.61. The molecule has 1 aromatic carbocycles. The van der Waals surface area contributed by atoms with Crippen molar-refractivity contribution in [3.63, 3.8) is 0 Å². The van der Waals surface area contributed by atoms with E-state index in [0.29, 0.717) is 11.3 Å². The maximum Gasteiger partial charge on any atom is 0.410 e. The number of aliphatic hydroxyl groups excluding tert-OH is 1. The first-order chi connectivity index (χ1) is 7.85. The lowest BCUT2D eigenvalue weighted by molar-refractivity contribution is -0.0807. The summed E-state index contributed by atoms with van der Waals surface area (Å²) in [6, 6.07) is 6.40. The average molecular weight is 358 g/mol. The number of hydrogen-bond acceptors (Lipinski definition) is 2. The third kappa shape index (κ3) is 4.19. The zero-order chi connectivity index (χ0) is 13.1. The first kappa shape index (κ1) is 14.3. The number of ether oxygens (including phenoxy) is 1. The minimum Gasteiger partial charge on any atom is -0.496 e. The molecule has 2 nitrogen and oxygen atoms in total. The van der Waals surface area contributed by atoms with Crippen molar-refractivity contribution in [2.75, 3.05) is 7.11 Å². The number of para-hydroxylation sites is 1. The van der Waals surface area contributed by atoms with E-state index < -0.39 is 12.3 Å². The summed E-state index contributed by atoms with van der Waals surface area (Å²) >= 11 is 1.46. The summed E-state index contributed by atoms with van der Waals surface area (Å²) in [6.45, 7) is 0. The van der Waals surface area contributed by atoms with E-state index in [1.165, 1.54) is 35.8 Å². The van der Waals surface area contributed by atoms with Gasteiger partial charge in [-0.15, -0.1) is 0 Å². The maximum absolute atomic E-state index is 12.1. The summed E-state index contributed by atoms with van der Waals surface area (Å²) in [4.78, 5) is 0. The number of benzene rings is 1. The number of rotatable bonds is 3. The molecule has 94 valence electrons. The van der Waals surface area contributed by atoms with Gasteiger partial charge in [-0.25, -0.2) is 0 Å². The third-order valence-corrected chi connectivity index (χ3v) is 2.90. The van der Waals surface area contributed by atoms with E-state index >= 15 is 0 Å². The van der Waals surface area contributed by atoms with E-state index in [9.17, 15) is 18.3 Å². The Labute approximate surface area is 110 Å². The van der Waals surface area contributed by atoms with Gasteiger partial charge >= 0.3 is 6.18 Å². The lowest BCUT2D eigenvalue weighted by Crippen LogP contribution is -2.06. The van der Waals surface area contributed by atoms with Gasteiger partial charge in [0.2, 0.25) is 0 Å². The van der Waals surface area contributed by atoms with Gasteiger partial charge in [0, 0.05) is 15.2 Å². The summed E-state index contributed by atoms with van der Waals surface area (Å²) in [5.41, 5.74) is 0.305. The van der Waals surface area contributed by atoms with Crippen molar-refractivity contribution in [1.29, 1.82) is 0 Å². The quantitative estimate of drug-likeness (QED) is 0.837. The van der Waals surface area contributed by atoms with Crippen molar-refractivity contribution in [3.05, 3.63) is 39.5 Å². The van der Waals surface area contributed by atoms with Crippen molar-refractivity contribution in [2.24, 2.45) is 0 Å². The summed E-state index contributed by atoms with van der Waals surface area (Å²) < 4.78 is 41.2. The van der Waals surface area contributed by atoms with Gasteiger partial charge in [-0.2, -0.15) is 13.2 Å². The Morgan fingerprint density at radius 1 is 1.41 bits per heavy atom. The number of alkyl halides is 3. The molecule has 0 heterocycles. The molecule has 1 rings (SSSR count). The highest BCUT2D eigenvalue weighted by Crippen LogP contribution is 2.35. The molecule has 1 N–H and O–H groups in total. The first-order valence-corrected chi connectivity index (χ1v) is 5.69. The van der Waals surface area contributed by atoms with Crippen LogP contribution in [0.3, 0.4) is 0 Å². The normalized spacial score (nSPS) is 14.6. The molecule has 0 aromatic heterocycles. The number of aliphatic hydroxyl groups is 1. The van der Waals surface area contributed by atoms with E-state index in [-0.39, 0.29) is 9.66 Å². The second kappa shape index (κ2) is 5.72. The lowest BCUT2D eigenvalue weighted by atomic mass is 10.1. The minimum absolute atomic E-state index is 0.0741. The SMILES string of the molecule is COc1ccccc1C(O)C(I)=CC(F)(F)F. The Kier molecular flexibility index (Phi) is 4.81. The molecule has 1 atom stereocenters. The second-order valence-electron chi connectivity index (χ2n) is 3.22. The van der Waals surface area contributed by atoms with Gasteiger partial charge in [0.1, 0.15) is 11.9 Å². The summed E-state index contributed by atoms with van der Waals surface area (Å²) in [5, 5.41) is 9.81. The van der Waals surface area contributed by atoms with E-state index in [1.807, 2.05) is 0 Å². The fourth-order valence-corrected chi connectivity index (χ4v) is 1.96. The summed E-state index contributed by atoms with van der Waals surface area (Å²) in [5.74, 6) is 0.352. The predicted molar refractivity (Wildman–Crippen MR) is 66.1 cm³/mol. The van der Waals surface area contributed by atoms with Crippen molar-refractivity contribution in [3.8, 4) is 5.75 Å². The Hall–Kier alpha value is -0.760. The minimum atomic E-state index is -4.44. The van der Waals surface area contributed by atoms with Crippen LogP contribution in [0.25, 0.3) is 0 Å². The van der Waals surface area contributed by atoms with Gasteiger partial charge in [-0.1, -0.05) is 18.2 Å². The van der Waals surface area contributed by atoms with E-state index in [0.717, 1.165) is 0 Å². The highest BCUT2D eigenvalue weighted by molar-refractivity contribution is 14.1. The van der Waals surface area contributed by atoms with Gasteiger partial charge in [-0.05, 0) is 28.7 Å². The maximum atomic E-state index is 12.1. The molecule has 0 fully saturated rings. The van der Waals surface area contributed by atoms with E-state index in [1.54, 1.807) is 18.2 Å². The Bertz CT molecular complexity index is 415. The summed E-state index contributed by atoms with van der Waals surface area (Å²) in [7, 11) is 1.39. The monoisotopic (exact) mass is 358 g/mol. The molecular weight excluding hydrogens is 348 g/mol. The fraction of sp³-hybridized carbons (Fsp3) is 0.273. The second-order valence-corrected chi connectivity index (χ2v) is 4.46. The lowest BCUT2D eigenvalue weighted by Gasteiger charge is -2.14. The van der Waals surface area contributed by atoms with Gasteiger partial charge in [0.15, 0.2) is 0 Å². The van der Waals surface area contributed by atoms with Crippen LogP contribution in [0, 0.1) is 0 Å². The Morgan fingerprint density at radius 3 is 2.53 bits per heavy atom. The third-order valence-electron chi connectivity index (χ3n) is 2.00. The number of allylic oxidation sites excluding steroid dienone is 1. The van der Waals surface area contributed by atoms with Crippen LogP contribution in [0.5, 0.6) is 5.75 Å². The topological polar surface area (TPSA) is 29.5 Å². The zero-order valence-corrected chi connectivity index (χ0v) is 11.0. The molecule has 0 amide bonds. The molecule has 0 radical (unpaired) electrons. The van der Waals surface area contributed by atoms with Crippen LogP contribution >= 0.6 is 22.6 Å². The van der Waals surface area contributed by atoms with Crippen molar-refractivity contribution in [1.82, 2.24) is 0 Å². The van der Waals surface area contributed by atoms with Crippen LogP contribution in [0.4, 0.5) is 13.2 Å². The van der Waals surface area contributed by atoms with Gasteiger partial charge in [-0.3, -0.25) is 0 Å². The van der Waals surface area contributed by atoms with Crippen molar-refractivity contribution >= 4 is 22.6 Å². The van der Waals surface area contributed by atoms with Crippen LogP contribution in [0.2, 0.25) is 0 Å². The molecule has 0 saturated heterocycles. The Balaban J connectivity index is 3.04. The molecule has 0 saturated carbocycles. The fourth-order valence-electron chi connectivity index (χ4n) is 1.28. The van der Waals surface area contributed by atoms with Crippen LogP contribution < -0.4 is 4.74 Å². The van der Waals surface area contributed by atoms with E-state index in [4.69, 9.17) is 4.74 Å². The molecule has 1 aromatic rings. The Morgan fingerprint density at radius 2 is 2.00 bits per heavy atom. The van der Waals surface area contributed by atoms with E-state index in [2.05, 4.69) is 0 Å². The molecule has 1 unspecified atom stereocenters. The summed E-state index contributed by atoms with van der Waals surface area (Å²) in [6.07, 6.45) is -5.71. The molecule has 0 spiro atoms. The number of hydrogen-bond donors (Lipinski definition) is 1. The van der Waals surface area contributed by atoms with Crippen LogP contribution in [-0.4, -0.2) is 18.4 Å². The smallest absolute Gasteiger partial charge is 0.410 e. The molecular formula is C11H10F3IO2. The number of halogens is 4. The zero-order valence-electron chi connectivity index (χ0n) is 8.83. The van der Waals surface area contributed by atoms with Crippen molar-refractivity contribution in [2.45, 2.75) is 12.3 Å². The van der Waals surface area contributed by atoms with Crippen LogP contribution in [0.1, 0.15) is 11.7 Å². The molecule has 17 heavy (non-hydrogen) atoms.